The van der Waals surface area contributed by atoms with Gasteiger partial charge < -0.3 is 14.6 Å². The molecular weight excluding hydrogens is 388 g/mol. The van der Waals surface area contributed by atoms with Gasteiger partial charge in [-0.1, -0.05) is 12.1 Å². The Hall–Kier alpha value is -2.80. The van der Waals surface area contributed by atoms with Gasteiger partial charge in [-0.25, -0.2) is 5.43 Å². The quantitative estimate of drug-likeness (QED) is 0.439. The van der Waals surface area contributed by atoms with Crippen LogP contribution in [0.25, 0.3) is 6.08 Å². The van der Waals surface area contributed by atoms with E-state index in [1.165, 1.54) is 19.4 Å². The lowest BCUT2D eigenvalue weighted by atomic mass is 10.2. The van der Waals surface area contributed by atoms with E-state index in [4.69, 9.17) is 9.47 Å². The highest BCUT2D eigenvalue weighted by Crippen LogP contribution is 2.34. The molecule has 25 heavy (non-hydrogen) atoms. The summed E-state index contributed by atoms with van der Waals surface area (Å²) in [6.07, 6.45) is 4.50. The summed E-state index contributed by atoms with van der Waals surface area (Å²) in [6, 6.07) is 10.6. The van der Waals surface area contributed by atoms with Gasteiger partial charge in [-0.05, 0) is 57.4 Å². The van der Waals surface area contributed by atoms with Crippen LogP contribution >= 0.6 is 15.9 Å². The number of hydrazone groups is 1. The fraction of sp³-hybridized carbons (Fsp3) is 0.111. The number of methoxy groups -OCH3 is 2. The van der Waals surface area contributed by atoms with E-state index in [0.29, 0.717) is 15.8 Å². The molecule has 0 saturated heterocycles. The van der Waals surface area contributed by atoms with Crippen molar-refractivity contribution in [1.82, 2.24) is 5.43 Å². The molecule has 130 valence electrons. The Labute approximate surface area is 153 Å². The smallest absolute Gasteiger partial charge is 0.264 e. The van der Waals surface area contributed by atoms with Crippen molar-refractivity contribution in [1.29, 1.82) is 0 Å². The molecule has 0 fully saturated rings. The molecule has 0 spiro atoms. The summed E-state index contributed by atoms with van der Waals surface area (Å²) in [5, 5.41) is 13.6. The lowest BCUT2D eigenvalue weighted by Gasteiger charge is -2.06. The molecule has 0 aliphatic rings. The maximum atomic E-state index is 11.8. The molecule has 0 bridgehead atoms. The minimum absolute atomic E-state index is 0.00566. The monoisotopic (exact) mass is 404 g/mol. The van der Waals surface area contributed by atoms with Crippen molar-refractivity contribution in [3.05, 3.63) is 58.1 Å². The molecule has 0 aliphatic heterocycles. The van der Waals surface area contributed by atoms with Crippen molar-refractivity contribution in [2.24, 2.45) is 5.10 Å². The van der Waals surface area contributed by atoms with Gasteiger partial charge in [-0.15, -0.1) is 0 Å². The molecule has 0 heterocycles. The molecule has 0 unspecified atom stereocenters. The number of rotatable bonds is 6. The maximum absolute atomic E-state index is 11.8. The highest BCUT2D eigenvalue weighted by molar-refractivity contribution is 9.10. The number of hydrogen-bond donors (Lipinski definition) is 2. The summed E-state index contributed by atoms with van der Waals surface area (Å²) >= 11 is 3.22. The average Bonchev–Trinajstić information content (AvgIpc) is 2.63. The van der Waals surface area contributed by atoms with Crippen molar-refractivity contribution in [2.75, 3.05) is 14.2 Å². The van der Waals surface area contributed by atoms with Crippen molar-refractivity contribution in [3.8, 4) is 17.2 Å². The zero-order valence-electron chi connectivity index (χ0n) is 13.7. The van der Waals surface area contributed by atoms with Crippen LogP contribution in [0.15, 0.2) is 52.0 Å². The van der Waals surface area contributed by atoms with E-state index < -0.39 is 0 Å². The van der Waals surface area contributed by atoms with Gasteiger partial charge in [-0.2, -0.15) is 5.10 Å². The van der Waals surface area contributed by atoms with E-state index in [2.05, 4.69) is 26.5 Å². The maximum Gasteiger partial charge on any atom is 0.264 e. The number of hydrogen-bond acceptors (Lipinski definition) is 5. The van der Waals surface area contributed by atoms with Crippen LogP contribution in [0.5, 0.6) is 17.2 Å². The first-order valence-electron chi connectivity index (χ1n) is 7.25. The summed E-state index contributed by atoms with van der Waals surface area (Å²) < 4.78 is 10.6. The van der Waals surface area contributed by atoms with E-state index in [1.807, 2.05) is 24.3 Å². The molecule has 7 heteroatoms. The lowest BCUT2D eigenvalue weighted by Crippen LogP contribution is -2.14. The second kappa shape index (κ2) is 8.89. The Morgan fingerprint density at radius 2 is 1.88 bits per heavy atom. The van der Waals surface area contributed by atoms with E-state index >= 15 is 0 Å². The van der Waals surface area contributed by atoms with E-state index in [0.717, 1.165) is 11.3 Å². The molecule has 2 aromatic carbocycles. The second-order valence-corrected chi connectivity index (χ2v) is 5.75. The zero-order chi connectivity index (χ0) is 18.2. The van der Waals surface area contributed by atoms with Crippen molar-refractivity contribution in [3.63, 3.8) is 0 Å². The second-order valence-electron chi connectivity index (χ2n) is 4.89. The van der Waals surface area contributed by atoms with Crippen LogP contribution in [-0.4, -0.2) is 31.4 Å². The minimum Gasteiger partial charge on any atom is -0.503 e. The number of nitrogens with one attached hydrogen (secondary N) is 1. The van der Waals surface area contributed by atoms with Crippen LogP contribution < -0.4 is 14.9 Å². The summed E-state index contributed by atoms with van der Waals surface area (Å²) in [7, 11) is 3.05. The summed E-state index contributed by atoms with van der Waals surface area (Å²) in [6.45, 7) is 0. The van der Waals surface area contributed by atoms with Crippen LogP contribution in [0, 0.1) is 0 Å². The molecule has 6 nitrogen and oxygen atoms in total. The molecule has 2 aromatic rings. The van der Waals surface area contributed by atoms with E-state index in [9.17, 15) is 9.90 Å². The van der Waals surface area contributed by atoms with Crippen molar-refractivity contribution >= 4 is 34.1 Å². The van der Waals surface area contributed by atoms with Gasteiger partial charge in [0.15, 0.2) is 11.5 Å². The molecule has 1 amide bonds. The number of carbonyl (C=O) groups excluding carboxylic acids is 1. The van der Waals surface area contributed by atoms with Crippen LogP contribution in [0.2, 0.25) is 0 Å². The van der Waals surface area contributed by atoms with Gasteiger partial charge in [0.2, 0.25) is 0 Å². The van der Waals surface area contributed by atoms with Crippen LogP contribution in [0.1, 0.15) is 11.1 Å². The lowest BCUT2D eigenvalue weighted by molar-refractivity contribution is -0.116. The SMILES string of the molecule is COc1ccc(/C=C/C(=O)N/N=C\c2cc(Br)c(O)c(OC)c2)cc1. The van der Waals surface area contributed by atoms with Gasteiger partial charge in [0, 0.05) is 6.08 Å². The highest BCUT2D eigenvalue weighted by atomic mass is 79.9. The minimum atomic E-state index is -0.364. The number of benzene rings is 2. The number of halogens is 1. The first-order chi connectivity index (χ1) is 12.0. The topological polar surface area (TPSA) is 80.2 Å². The normalized spacial score (nSPS) is 11.0. The van der Waals surface area contributed by atoms with Gasteiger partial charge in [0.25, 0.3) is 5.91 Å². The number of aromatic hydroxyl groups is 1. The molecule has 2 N–H and O–H groups in total. The fourth-order valence-electron chi connectivity index (χ4n) is 1.92. The standard InChI is InChI=1S/C18H17BrN2O4/c1-24-14-6-3-12(4-7-14)5-8-17(22)21-20-11-13-9-15(19)18(23)16(10-13)25-2/h3-11,23H,1-2H3,(H,21,22)/b8-5+,20-11-. The Morgan fingerprint density at radius 1 is 1.16 bits per heavy atom. The molecular formula is C18H17BrN2O4. The number of carbonyl (C=O) groups is 1. The van der Waals surface area contributed by atoms with Crippen LogP contribution in [0.4, 0.5) is 0 Å². The van der Waals surface area contributed by atoms with Gasteiger partial charge in [0.1, 0.15) is 5.75 Å². The average molecular weight is 405 g/mol. The van der Waals surface area contributed by atoms with Crippen LogP contribution in [-0.2, 0) is 4.79 Å². The first kappa shape index (κ1) is 18.5. The van der Waals surface area contributed by atoms with Crippen molar-refractivity contribution < 1.29 is 19.4 Å². The van der Waals surface area contributed by atoms with Crippen molar-refractivity contribution in [2.45, 2.75) is 0 Å². The summed E-state index contributed by atoms with van der Waals surface area (Å²) in [5.41, 5.74) is 3.92. The number of amides is 1. The van der Waals surface area contributed by atoms with E-state index in [-0.39, 0.29) is 11.7 Å². The molecule has 2 rings (SSSR count). The van der Waals surface area contributed by atoms with E-state index in [1.54, 1.807) is 25.3 Å². The summed E-state index contributed by atoms with van der Waals surface area (Å²) in [5.74, 6) is 0.700. The zero-order valence-corrected chi connectivity index (χ0v) is 15.3. The largest absolute Gasteiger partial charge is 0.503 e. The van der Waals surface area contributed by atoms with Crippen LogP contribution in [0.3, 0.4) is 0 Å². The predicted molar refractivity (Wildman–Crippen MR) is 100 cm³/mol. The molecule has 0 aliphatic carbocycles. The predicted octanol–water partition coefficient (Wildman–Crippen LogP) is 3.34. The Bertz CT molecular complexity index is 801. The Kier molecular flexibility index (Phi) is 6.59. The highest BCUT2D eigenvalue weighted by Gasteiger charge is 2.07. The number of phenolic OH excluding ortho intramolecular Hbond substituents is 1. The number of ether oxygens (including phenoxy) is 2. The van der Waals surface area contributed by atoms with Gasteiger partial charge in [-0.3, -0.25) is 4.79 Å². The third-order valence-electron chi connectivity index (χ3n) is 3.20. The number of nitrogens with zero attached hydrogens (tertiary/aromatic N) is 1. The molecule has 0 saturated carbocycles. The molecule has 0 radical (unpaired) electrons. The van der Waals surface area contributed by atoms with Gasteiger partial charge in [0.05, 0.1) is 24.9 Å². The molecule has 0 aromatic heterocycles. The van der Waals surface area contributed by atoms with Gasteiger partial charge >= 0.3 is 0 Å². The number of phenols is 1. The Morgan fingerprint density at radius 3 is 2.52 bits per heavy atom. The third kappa shape index (κ3) is 5.36. The summed E-state index contributed by atoms with van der Waals surface area (Å²) in [4.78, 5) is 11.8. The third-order valence-corrected chi connectivity index (χ3v) is 3.81. The molecule has 0 atom stereocenters. The fourth-order valence-corrected chi connectivity index (χ4v) is 2.38. The Balaban J connectivity index is 1.96. The first-order valence-corrected chi connectivity index (χ1v) is 8.04.